The molecule has 2 aromatic carbocycles. The van der Waals surface area contributed by atoms with E-state index >= 15 is 0 Å². The first-order valence-corrected chi connectivity index (χ1v) is 11.6. The molecule has 5 nitrogen and oxygen atoms in total. The third-order valence-electron chi connectivity index (χ3n) is 4.97. The van der Waals surface area contributed by atoms with Gasteiger partial charge in [0.1, 0.15) is 23.7 Å². The van der Waals surface area contributed by atoms with Crippen LogP contribution in [0.25, 0.3) is 0 Å². The number of ether oxygens (including phenoxy) is 4. The van der Waals surface area contributed by atoms with E-state index in [1.807, 2.05) is 55.5 Å². The normalized spacial score (nSPS) is 32.0. The zero-order chi connectivity index (χ0) is 20.4. The van der Waals surface area contributed by atoms with Crippen molar-refractivity contribution < 1.29 is 18.9 Å². The number of halogens is 2. The van der Waals surface area contributed by atoms with Crippen LogP contribution in [-0.4, -0.2) is 43.0 Å². The first-order valence-electron chi connectivity index (χ1n) is 9.53. The van der Waals surface area contributed by atoms with Gasteiger partial charge in [0, 0.05) is 21.5 Å². The van der Waals surface area contributed by atoms with Crippen molar-refractivity contribution in [1.29, 1.82) is 0 Å². The Labute approximate surface area is 188 Å². The number of rotatable bonds is 5. The molecule has 6 unspecified atom stereocenters. The standard InChI is InChI=1S/C21H23BrClNO4S/c1-2-25-19-17(24)18-16(11-26-20(28-18)12-6-4-3-5-7-12)27-21(19)29-13-8-9-14(22)15(23)10-13/h3-10,16-21H,2,11,24H2,1H3. The minimum absolute atomic E-state index is 0.259. The fourth-order valence-electron chi connectivity index (χ4n) is 3.57. The number of thioether (sulfide) groups is 1. The molecule has 2 N–H and O–H groups in total. The quantitative estimate of drug-likeness (QED) is 0.638. The number of hydrogen-bond donors (Lipinski definition) is 1. The van der Waals surface area contributed by atoms with E-state index in [4.69, 9.17) is 36.3 Å². The number of nitrogens with two attached hydrogens (primary N) is 1. The topological polar surface area (TPSA) is 62.9 Å². The van der Waals surface area contributed by atoms with E-state index in [9.17, 15) is 0 Å². The molecule has 2 aromatic rings. The lowest BCUT2D eigenvalue weighted by molar-refractivity contribution is -0.300. The van der Waals surface area contributed by atoms with Gasteiger partial charge in [0.2, 0.25) is 0 Å². The van der Waals surface area contributed by atoms with Crippen molar-refractivity contribution in [1.82, 2.24) is 0 Å². The van der Waals surface area contributed by atoms with Gasteiger partial charge in [-0.15, -0.1) is 0 Å². The summed E-state index contributed by atoms with van der Waals surface area (Å²) in [5.74, 6) is 0. The molecule has 0 spiro atoms. The number of benzene rings is 2. The van der Waals surface area contributed by atoms with Crippen LogP contribution >= 0.6 is 39.3 Å². The lowest BCUT2D eigenvalue weighted by Crippen LogP contribution is -2.64. The molecule has 156 valence electrons. The molecule has 4 rings (SSSR count). The maximum atomic E-state index is 6.63. The highest BCUT2D eigenvalue weighted by Crippen LogP contribution is 2.40. The summed E-state index contributed by atoms with van der Waals surface area (Å²) >= 11 is 11.2. The largest absolute Gasteiger partial charge is 0.373 e. The van der Waals surface area contributed by atoms with Crippen molar-refractivity contribution in [2.45, 2.75) is 47.9 Å². The smallest absolute Gasteiger partial charge is 0.184 e. The van der Waals surface area contributed by atoms with E-state index in [1.165, 1.54) is 0 Å². The molecule has 0 bridgehead atoms. The van der Waals surface area contributed by atoms with E-state index < -0.39 is 6.29 Å². The summed E-state index contributed by atoms with van der Waals surface area (Å²) < 4.78 is 25.3. The average Bonchev–Trinajstić information content (AvgIpc) is 2.74. The summed E-state index contributed by atoms with van der Waals surface area (Å²) in [6.07, 6.45) is -1.34. The lowest BCUT2D eigenvalue weighted by atomic mass is 9.96. The van der Waals surface area contributed by atoms with Crippen molar-refractivity contribution in [3.05, 3.63) is 63.6 Å². The first kappa shape index (κ1) is 21.6. The molecular weight excluding hydrogens is 478 g/mol. The second-order valence-electron chi connectivity index (χ2n) is 6.91. The summed E-state index contributed by atoms with van der Waals surface area (Å²) in [4.78, 5) is 0.985. The predicted octanol–water partition coefficient (Wildman–Crippen LogP) is 4.77. The van der Waals surface area contributed by atoms with Crippen molar-refractivity contribution >= 4 is 39.3 Å². The van der Waals surface area contributed by atoms with E-state index in [-0.39, 0.29) is 29.8 Å². The zero-order valence-electron chi connectivity index (χ0n) is 15.9. The minimum atomic E-state index is -0.455. The Morgan fingerprint density at radius 3 is 2.72 bits per heavy atom. The Kier molecular flexibility index (Phi) is 7.19. The van der Waals surface area contributed by atoms with Crippen molar-refractivity contribution in [3.63, 3.8) is 0 Å². The molecule has 2 aliphatic heterocycles. The summed E-state index contributed by atoms with van der Waals surface area (Å²) in [6.45, 7) is 2.90. The van der Waals surface area contributed by atoms with Gasteiger partial charge in [0.05, 0.1) is 17.7 Å². The Hall–Kier alpha value is -0.640. The van der Waals surface area contributed by atoms with Crippen LogP contribution in [0.3, 0.4) is 0 Å². The van der Waals surface area contributed by atoms with Gasteiger partial charge in [0.15, 0.2) is 6.29 Å². The fraction of sp³-hybridized carbons (Fsp3) is 0.429. The second kappa shape index (κ2) is 9.66. The minimum Gasteiger partial charge on any atom is -0.373 e. The number of fused-ring (bicyclic) bond motifs is 1. The van der Waals surface area contributed by atoms with Gasteiger partial charge in [0.25, 0.3) is 0 Å². The van der Waals surface area contributed by atoms with Gasteiger partial charge in [-0.05, 0) is 41.1 Å². The van der Waals surface area contributed by atoms with E-state index in [0.29, 0.717) is 18.2 Å². The Morgan fingerprint density at radius 1 is 1.21 bits per heavy atom. The van der Waals surface area contributed by atoms with Crippen LogP contribution in [0.5, 0.6) is 0 Å². The van der Waals surface area contributed by atoms with Crippen LogP contribution in [-0.2, 0) is 18.9 Å². The average molecular weight is 501 g/mol. The molecule has 2 heterocycles. The summed E-state index contributed by atoms with van der Waals surface area (Å²) in [5.41, 5.74) is 7.30. The summed E-state index contributed by atoms with van der Waals surface area (Å²) in [6, 6.07) is 15.3. The highest BCUT2D eigenvalue weighted by atomic mass is 79.9. The molecule has 0 saturated carbocycles. The van der Waals surface area contributed by atoms with Crippen molar-refractivity contribution in [3.8, 4) is 0 Å². The van der Waals surface area contributed by atoms with Crippen LogP contribution < -0.4 is 5.73 Å². The molecule has 0 amide bonds. The molecule has 6 atom stereocenters. The Bertz CT molecular complexity index is 830. The van der Waals surface area contributed by atoms with Crippen molar-refractivity contribution in [2.24, 2.45) is 5.73 Å². The summed E-state index contributed by atoms with van der Waals surface area (Å²) in [7, 11) is 0. The monoisotopic (exact) mass is 499 g/mol. The highest BCUT2D eigenvalue weighted by molar-refractivity contribution is 9.10. The molecule has 0 radical (unpaired) electrons. The van der Waals surface area contributed by atoms with Crippen LogP contribution in [0.4, 0.5) is 0 Å². The zero-order valence-corrected chi connectivity index (χ0v) is 19.0. The molecule has 2 fully saturated rings. The SMILES string of the molecule is CCOC1C(Sc2ccc(Br)c(Cl)c2)OC2COC(c3ccccc3)OC2C1N. The van der Waals surface area contributed by atoms with Crippen LogP contribution in [0, 0.1) is 0 Å². The maximum Gasteiger partial charge on any atom is 0.184 e. The van der Waals surface area contributed by atoms with Gasteiger partial charge in [-0.1, -0.05) is 53.7 Å². The predicted molar refractivity (Wildman–Crippen MR) is 117 cm³/mol. The van der Waals surface area contributed by atoms with E-state index in [0.717, 1.165) is 14.9 Å². The molecular formula is C21H23BrClNO4S. The molecule has 8 heteroatoms. The molecule has 0 aromatic heterocycles. The Balaban J connectivity index is 1.51. The van der Waals surface area contributed by atoms with E-state index in [1.54, 1.807) is 11.8 Å². The highest BCUT2D eigenvalue weighted by Gasteiger charge is 2.49. The third-order valence-corrected chi connectivity index (χ3v) is 7.34. The fourth-order valence-corrected chi connectivity index (χ4v) is 5.25. The molecule has 2 aliphatic rings. The van der Waals surface area contributed by atoms with Crippen LogP contribution in [0.15, 0.2) is 57.9 Å². The Morgan fingerprint density at radius 2 is 2.00 bits per heavy atom. The summed E-state index contributed by atoms with van der Waals surface area (Å²) in [5, 5.41) is 0.649. The van der Waals surface area contributed by atoms with Gasteiger partial charge >= 0.3 is 0 Å². The van der Waals surface area contributed by atoms with Gasteiger partial charge in [-0.2, -0.15) is 0 Å². The van der Waals surface area contributed by atoms with Gasteiger partial charge < -0.3 is 24.7 Å². The van der Waals surface area contributed by atoms with E-state index in [2.05, 4.69) is 15.9 Å². The van der Waals surface area contributed by atoms with Gasteiger partial charge in [-0.3, -0.25) is 0 Å². The number of hydrogen-bond acceptors (Lipinski definition) is 6. The molecule has 29 heavy (non-hydrogen) atoms. The molecule has 0 aliphatic carbocycles. The first-order chi connectivity index (χ1) is 14.1. The maximum absolute atomic E-state index is 6.63. The van der Waals surface area contributed by atoms with Crippen molar-refractivity contribution in [2.75, 3.05) is 13.2 Å². The molecule has 2 saturated heterocycles. The van der Waals surface area contributed by atoms with Crippen LogP contribution in [0.1, 0.15) is 18.8 Å². The van der Waals surface area contributed by atoms with Crippen LogP contribution in [0.2, 0.25) is 5.02 Å². The lowest BCUT2D eigenvalue weighted by Gasteiger charge is -2.48. The van der Waals surface area contributed by atoms with Gasteiger partial charge in [-0.25, -0.2) is 0 Å². The third kappa shape index (κ3) is 4.83. The second-order valence-corrected chi connectivity index (χ2v) is 9.34.